The summed E-state index contributed by atoms with van der Waals surface area (Å²) >= 11 is 0. The lowest BCUT2D eigenvalue weighted by atomic mass is 10.0. The Bertz CT molecular complexity index is 455. The van der Waals surface area contributed by atoms with Gasteiger partial charge in [0, 0.05) is 44.7 Å². The van der Waals surface area contributed by atoms with Crippen molar-refractivity contribution in [2.75, 3.05) is 38.2 Å². The fourth-order valence-corrected chi connectivity index (χ4v) is 2.54. The summed E-state index contributed by atoms with van der Waals surface area (Å²) in [6.45, 7) is 8.01. The fourth-order valence-electron chi connectivity index (χ4n) is 2.54. The normalized spacial score (nSPS) is 15.7. The number of carbonyl (C=O) groups excluding carboxylic acids is 1. The van der Waals surface area contributed by atoms with Crippen LogP contribution in [-0.4, -0.2) is 48.6 Å². The Morgan fingerprint density at radius 2 is 2.10 bits per heavy atom. The van der Waals surface area contributed by atoms with Gasteiger partial charge in [-0.2, -0.15) is 0 Å². The number of pyridine rings is 1. The van der Waals surface area contributed by atoms with Crippen molar-refractivity contribution in [3.8, 4) is 0 Å². The molecule has 0 saturated carbocycles. The summed E-state index contributed by atoms with van der Waals surface area (Å²) in [6.07, 6.45) is 3.90. The molecule has 21 heavy (non-hydrogen) atoms. The second-order valence-electron chi connectivity index (χ2n) is 5.34. The molecule has 5 nitrogen and oxygen atoms in total. The third-order valence-electron chi connectivity index (χ3n) is 3.97. The Morgan fingerprint density at radius 1 is 1.38 bits per heavy atom. The number of amides is 1. The molecule has 0 atom stereocenters. The highest BCUT2D eigenvalue weighted by atomic mass is 16.5. The second-order valence-corrected chi connectivity index (χ2v) is 5.34. The number of ether oxygens (including phenoxy) is 1. The molecular weight excluding hydrogens is 266 g/mol. The van der Waals surface area contributed by atoms with Crippen LogP contribution in [0.25, 0.3) is 0 Å². The lowest BCUT2D eigenvalue weighted by Gasteiger charge is -2.23. The zero-order valence-electron chi connectivity index (χ0n) is 13.0. The van der Waals surface area contributed by atoms with Crippen LogP contribution in [0, 0.1) is 5.92 Å². The zero-order valence-corrected chi connectivity index (χ0v) is 13.0. The number of anilines is 1. The van der Waals surface area contributed by atoms with Gasteiger partial charge in [0.2, 0.25) is 0 Å². The maximum atomic E-state index is 12.3. The molecule has 1 saturated heterocycles. The molecule has 0 bridgehead atoms. The highest BCUT2D eigenvalue weighted by Gasteiger charge is 2.16. The van der Waals surface area contributed by atoms with Crippen LogP contribution in [-0.2, 0) is 4.74 Å². The van der Waals surface area contributed by atoms with E-state index < -0.39 is 0 Å². The monoisotopic (exact) mass is 291 g/mol. The van der Waals surface area contributed by atoms with Crippen molar-refractivity contribution in [1.29, 1.82) is 0 Å². The molecule has 1 amide bonds. The van der Waals surface area contributed by atoms with Crippen molar-refractivity contribution in [2.45, 2.75) is 26.7 Å². The Hall–Kier alpha value is -1.62. The third-order valence-corrected chi connectivity index (χ3v) is 3.97. The average molecular weight is 291 g/mol. The molecule has 5 heteroatoms. The lowest BCUT2D eigenvalue weighted by molar-refractivity contribution is 0.0699. The van der Waals surface area contributed by atoms with E-state index in [1.807, 2.05) is 26.0 Å². The molecule has 1 N–H and O–H groups in total. The van der Waals surface area contributed by atoms with E-state index in [1.165, 1.54) is 0 Å². The van der Waals surface area contributed by atoms with E-state index in [1.54, 1.807) is 11.1 Å². The van der Waals surface area contributed by atoms with Crippen molar-refractivity contribution in [3.63, 3.8) is 0 Å². The SMILES string of the molecule is CCN(CC)C(=O)c1cc(NCC2CCOCC2)ccn1. The van der Waals surface area contributed by atoms with Gasteiger partial charge in [-0.15, -0.1) is 0 Å². The van der Waals surface area contributed by atoms with E-state index in [2.05, 4.69) is 10.3 Å². The van der Waals surface area contributed by atoms with Gasteiger partial charge in [-0.25, -0.2) is 0 Å². The van der Waals surface area contributed by atoms with Gasteiger partial charge in [-0.3, -0.25) is 9.78 Å². The van der Waals surface area contributed by atoms with E-state index in [9.17, 15) is 4.79 Å². The van der Waals surface area contributed by atoms with Crippen LogP contribution in [0.2, 0.25) is 0 Å². The van der Waals surface area contributed by atoms with E-state index in [4.69, 9.17) is 4.74 Å². The quantitative estimate of drug-likeness (QED) is 0.874. The molecular formula is C16H25N3O2. The maximum absolute atomic E-state index is 12.3. The first-order valence-corrected chi connectivity index (χ1v) is 7.81. The lowest BCUT2D eigenvalue weighted by Crippen LogP contribution is -2.31. The minimum absolute atomic E-state index is 0.00489. The van der Waals surface area contributed by atoms with Crippen molar-refractivity contribution in [2.24, 2.45) is 5.92 Å². The highest BCUT2D eigenvalue weighted by Crippen LogP contribution is 2.16. The summed E-state index contributed by atoms with van der Waals surface area (Å²) in [6, 6.07) is 3.76. The number of nitrogens with one attached hydrogen (secondary N) is 1. The Morgan fingerprint density at radius 3 is 2.76 bits per heavy atom. The molecule has 1 aromatic rings. The van der Waals surface area contributed by atoms with Crippen LogP contribution >= 0.6 is 0 Å². The number of nitrogens with zero attached hydrogens (tertiary/aromatic N) is 2. The molecule has 116 valence electrons. The number of hydrogen-bond acceptors (Lipinski definition) is 4. The third kappa shape index (κ3) is 4.43. The summed E-state index contributed by atoms with van der Waals surface area (Å²) < 4.78 is 5.37. The smallest absolute Gasteiger partial charge is 0.272 e. The van der Waals surface area contributed by atoms with Crippen LogP contribution in [0.5, 0.6) is 0 Å². The predicted molar refractivity (Wildman–Crippen MR) is 83.5 cm³/mol. The Kier molecular flexibility index (Phi) is 5.99. The largest absolute Gasteiger partial charge is 0.385 e. The van der Waals surface area contributed by atoms with Crippen LogP contribution in [0.4, 0.5) is 5.69 Å². The summed E-state index contributed by atoms with van der Waals surface area (Å²) in [5.74, 6) is 0.642. The van der Waals surface area contributed by atoms with Crippen LogP contribution in [0.15, 0.2) is 18.3 Å². The van der Waals surface area contributed by atoms with E-state index in [-0.39, 0.29) is 5.91 Å². The summed E-state index contributed by atoms with van der Waals surface area (Å²) in [5, 5.41) is 3.42. The van der Waals surface area contributed by atoms with Crippen LogP contribution in [0.3, 0.4) is 0 Å². The highest BCUT2D eigenvalue weighted by molar-refractivity contribution is 5.93. The van der Waals surface area contributed by atoms with Gasteiger partial charge in [0.25, 0.3) is 5.91 Å². The van der Waals surface area contributed by atoms with Gasteiger partial charge in [0.15, 0.2) is 0 Å². The molecule has 0 aliphatic carbocycles. The summed E-state index contributed by atoms with van der Waals surface area (Å²) in [5.41, 5.74) is 1.47. The minimum atomic E-state index is -0.00489. The first-order chi connectivity index (χ1) is 10.2. The average Bonchev–Trinajstić information content (AvgIpc) is 2.55. The topological polar surface area (TPSA) is 54.5 Å². The maximum Gasteiger partial charge on any atom is 0.272 e. The van der Waals surface area contributed by atoms with Gasteiger partial charge in [0.1, 0.15) is 5.69 Å². The molecule has 1 aliphatic rings. The van der Waals surface area contributed by atoms with Gasteiger partial charge in [-0.05, 0) is 44.7 Å². The zero-order chi connectivity index (χ0) is 15.1. The van der Waals surface area contributed by atoms with Gasteiger partial charge in [-0.1, -0.05) is 0 Å². The van der Waals surface area contributed by atoms with Gasteiger partial charge in [0.05, 0.1) is 0 Å². The van der Waals surface area contributed by atoms with Crippen LogP contribution in [0.1, 0.15) is 37.2 Å². The molecule has 1 fully saturated rings. The van der Waals surface area contributed by atoms with E-state index >= 15 is 0 Å². The Labute approximate surface area is 126 Å². The molecule has 2 heterocycles. The summed E-state index contributed by atoms with van der Waals surface area (Å²) in [7, 11) is 0. The van der Waals surface area contributed by atoms with Gasteiger partial charge >= 0.3 is 0 Å². The minimum Gasteiger partial charge on any atom is -0.385 e. The predicted octanol–water partition coefficient (Wildman–Crippen LogP) is 2.40. The van der Waals surface area contributed by atoms with Crippen molar-refractivity contribution in [1.82, 2.24) is 9.88 Å². The Balaban J connectivity index is 1.95. The second kappa shape index (κ2) is 7.98. The van der Waals surface area contributed by atoms with Crippen LogP contribution < -0.4 is 5.32 Å². The number of aromatic nitrogens is 1. The molecule has 0 spiro atoms. The fraction of sp³-hybridized carbons (Fsp3) is 0.625. The van der Waals surface area contributed by atoms with E-state index in [0.717, 1.165) is 38.3 Å². The van der Waals surface area contributed by atoms with E-state index in [0.29, 0.717) is 24.7 Å². The first kappa shape index (κ1) is 15.8. The number of hydrogen-bond donors (Lipinski definition) is 1. The molecule has 0 aromatic carbocycles. The van der Waals surface area contributed by atoms with Crippen molar-refractivity contribution < 1.29 is 9.53 Å². The van der Waals surface area contributed by atoms with Crippen molar-refractivity contribution >= 4 is 11.6 Å². The molecule has 1 aliphatic heterocycles. The molecule has 0 unspecified atom stereocenters. The van der Waals surface area contributed by atoms with Crippen molar-refractivity contribution in [3.05, 3.63) is 24.0 Å². The first-order valence-electron chi connectivity index (χ1n) is 7.81. The molecule has 2 rings (SSSR count). The number of rotatable bonds is 6. The number of carbonyl (C=O) groups is 1. The molecule has 1 aromatic heterocycles. The standard InChI is InChI=1S/C16H25N3O2/c1-3-19(4-2)16(20)15-11-14(5-8-17-15)18-12-13-6-9-21-10-7-13/h5,8,11,13H,3-4,6-7,9-10,12H2,1-2H3,(H,17,18). The summed E-state index contributed by atoms with van der Waals surface area (Å²) in [4.78, 5) is 18.3. The van der Waals surface area contributed by atoms with Gasteiger partial charge < -0.3 is 15.0 Å². The molecule has 0 radical (unpaired) electrons.